The van der Waals surface area contributed by atoms with Gasteiger partial charge in [0.2, 0.25) is 0 Å². The molecular weight excluding hydrogens is 590 g/mol. The number of hydrogen-bond donors (Lipinski definition) is 1. The van der Waals surface area contributed by atoms with Gasteiger partial charge >= 0.3 is 6.09 Å². The van der Waals surface area contributed by atoms with Crippen LogP contribution in [-0.4, -0.2) is 38.0 Å². The zero-order valence-corrected chi connectivity index (χ0v) is 28.2. The van der Waals surface area contributed by atoms with Crippen molar-refractivity contribution in [1.82, 2.24) is 14.9 Å². The maximum Gasteiger partial charge on any atom is 0.410 e. The van der Waals surface area contributed by atoms with E-state index in [1.54, 1.807) is 17.0 Å². The van der Waals surface area contributed by atoms with Gasteiger partial charge in [0.1, 0.15) is 11.4 Å². The van der Waals surface area contributed by atoms with Crippen LogP contribution in [0.3, 0.4) is 0 Å². The van der Waals surface area contributed by atoms with Crippen LogP contribution in [0.5, 0.6) is 0 Å². The Labute approximate surface area is 277 Å². The summed E-state index contributed by atoms with van der Waals surface area (Å²) in [5.41, 5.74) is 6.14. The van der Waals surface area contributed by atoms with E-state index in [-0.39, 0.29) is 40.2 Å². The summed E-state index contributed by atoms with van der Waals surface area (Å²) in [7, 11) is 0. The molecule has 6 rings (SSSR count). The standard InChI is InChI=1S/C38H45N5O4/c1-37(2,3)28-15-19-29(20-16-28)42-32(21-22-33(42)27-13-17-30(18-14-27)43(45)46)26-11-9-25(10-12-26)31-24-39-35(40-31)34-8-7-23-41(34)36(44)47-38(4,5)6/h9-20,24,32-34H,7-8,21-23H2,1-6H3,(H,39,40). The molecular formula is C38H45N5O4. The molecule has 0 bridgehead atoms. The molecule has 9 nitrogen and oxygen atoms in total. The number of nitro benzene ring substituents is 1. The topological polar surface area (TPSA) is 105 Å². The number of rotatable bonds is 6. The maximum absolute atomic E-state index is 12.9. The molecule has 0 aliphatic carbocycles. The molecule has 246 valence electrons. The molecule has 3 unspecified atom stereocenters. The highest BCUT2D eigenvalue weighted by atomic mass is 16.6. The summed E-state index contributed by atoms with van der Waals surface area (Å²) in [4.78, 5) is 36.3. The van der Waals surface area contributed by atoms with Gasteiger partial charge in [-0.3, -0.25) is 15.0 Å². The number of carbonyl (C=O) groups is 1. The lowest BCUT2D eigenvalue weighted by atomic mass is 9.87. The number of nitro groups is 1. The van der Waals surface area contributed by atoms with Crippen LogP contribution < -0.4 is 4.90 Å². The molecule has 4 aromatic rings. The minimum Gasteiger partial charge on any atom is -0.444 e. The van der Waals surface area contributed by atoms with Crippen molar-refractivity contribution in [1.29, 1.82) is 0 Å². The Kier molecular flexibility index (Phi) is 8.59. The number of likely N-dealkylation sites (tertiary alicyclic amines) is 1. The van der Waals surface area contributed by atoms with Gasteiger partial charge in [0.05, 0.1) is 28.7 Å². The molecule has 0 radical (unpaired) electrons. The van der Waals surface area contributed by atoms with Crippen LogP contribution in [0.2, 0.25) is 0 Å². The van der Waals surface area contributed by atoms with Crippen molar-refractivity contribution in [3.8, 4) is 11.3 Å². The summed E-state index contributed by atoms with van der Waals surface area (Å²) in [6.07, 6.45) is 5.25. The molecule has 2 saturated heterocycles. The van der Waals surface area contributed by atoms with Gasteiger partial charge in [-0.2, -0.15) is 0 Å². The van der Waals surface area contributed by atoms with Crippen molar-refractivity contribution in [2.24, 2.45) is 0 Å². The number of H-pyrrole nitrogens is 1. The lowest BCUT2D eigenvalue weighted by molar-refractivity contribution is -0.384. The van der Waals surface area contributed by atoms with Crippen LogP contribution in [0.4, 0.5) is 16.2 Å². The summed E-state index contributed by atoms with van der Waals surface area (Å²) >= 11 is 0. The quantitative estimate of drug-likeness (QED) is 0.167. The lowest BCUT2D eigenvalue weighted by Gasteiger charge is -2.34. The van der Waals surface area contributed by atoms with Crippen molar-refractivity contribution in [2.75, 3.05) is 11.4 Å². The number of aromatic nitrogens is 2. The second-order valence-corrected chi connectivity index (χ2v) is 14.8. The number of carbonyl (C=O) groups excluding carboxylic acids is 1. The molecule has 0 saturated carbocycles. The van der Waals surface area contributed by atoms with Crippen molar-refractivity contribution in [3.05, 3.63) is 112 Å². The van der Waals surface area contributed by atoms with Gasteiger partial charge in [0.25, 0.3) is 5.69 Å². The molecule has 47 heavy (non-hydrogen) atoms. The van der Waals surface area contributed by atoms with E-state index >= 15 is 0 Å². The third kappa shape index (κ3) is 6.89. The van der Waals surface area contributed by atoms with E-state index in [9.17, 15) is 14.9 Å². The Morgan fingerprint density at radius 1 is 0.851 bits per heavy atom. The Morgan fingerprint density at radius 3 is 2.00 bits per heavy atom. The van der Waals surface area contributed by atoms with Crippen molar-refractivity contribution < 1.29 is 14.5 Å². The number of aromatic amines is 1. The van der Waals surface area contributed by atoms with Gasteiger partial charge in [0.15, 0.2) is 0 Å². The highest BCUT2D eigenvalue weighted by Gasteiger charge is 2.37. The van der Waals surface area contributed by atoms with Gasteiger partial charge in [-0.1, -0.05) is 69.3 Å². The van der Waals surface area contributed by atoms with Crippen molar-refractivity contribution >= 4 is 17.5 Å². The van der Waals surface area contributed by atoms with E-state index in [1.165, 1.54) is 11.1 Å². The minimum atomic E-state index is -0.549. The second-order valence-electron chi connectivity index (χ2n) is 14.8. The first kappa shape index (κ1) is 32.3. The fraction of sp³-hybridized carbons (Fsp3) is 0.421. The zero-order chi connectivity index (χ0) is 33.5. The summed E-state index contributed by atoms with van der Waals surface area (Å²) in [5.74, 6) is 0.777. The third-order valence-electron chi connectivity index (χ3n) is 9.29. The lowest BCUT2D eigenvalue weighted by Crippen LogP contribution is -2.36. The number of benzene rings is 3. The molecule has 3 aromatic carbocycles. The van der Waals surface area contributed by atoms with E-state index in [0.29, 0.717) is 6.54 Å². The number of anilines is 1. The normalized spacial score (nSPS) is 20.1. The van der Waals surface area contributed by atoms with E-state index < -0.39 is 5.60 Å². The number of nitrogens with one attached hydrogen (secondary N) is 1. The Morgan fingerprint density at radius 2 is 1.45 bits per heavy atom. The predicted molar refractivity (Wildman–Crippen MR) is 184 cm³/mol. The van der Waals surface area contributed by atoms with Crippen LogP contribution in [0.15, 0.2) is 79.0 Å². The molecule has 1 aromatic heterocycles. The summed E-state index contributed by atoms with van der Waals surface area (Å²) in [6, 6.07) is 24.6. The first-order chi connectivity index (χ1) is 22.3. The number of imidazole rings is 1. The van der Waals surface area contributed by atoms with Gasteiger partial charge < -0.3 is 14.6 Å². The van der Waals surface area contributed by atoms with E-state index in [0.717, 1.165) is 54.0 Å². The van der Waals surface area contributed by atoms with Gasteiger partial charge in [-0.05, 0) is 80.7 Å². The Bertz CT molecular complexity index is 1720. The van der Waals surface area contributed by atoms with Crippen LogP contribution in [0, 0.1) is 10.1 Å². The molecule has 2 aliphatic heterocycles. The summed E-state index contributed by atoms with van der Waals surface area (Å²) < 4.78 is 5.65. The summed E-state index contributed by atoms with van der Waals surface area (Å²) in [6.45, 7) is 13.0. The SMILES string of the molecule is CC(C)(C)OC(=O)N1CCCC1c1nc(-c2ccc(C3CCC(c4ccc([N+](=O)[O-])cc4)N3c3ccc(C(C)(C)C)cc3)cc2)c[nH]1. The number of nitrogens with zero attached hydrogens (tertiary/aromatic N) is 4. The number of hydrogen-bond acceptors (Lipinski definition) is 6. The van der Waals surface area contributed by atoms with Gasteiger partial charge in [-0.25, -0.2) is 9.78 Å². The predicted octanol–water partition coefficient (Wildman–Crippen LogP) is 9.44. The second kappa shape index (κ2) is 12.5. The highest BCUT2D eigenvalue weighted by Crippen LogP contribution is 2.47. The number of non-ortho nitro benzene ring substituents is 1. The number of amides is 1. The molecule has 9 heteroatoms. The first-order valence-corrected chi connectivity index (χ1v) is 16.6. The maximum atomic E-state index is 12.9. The third-order valence-corrected chi connectivity index (χ3v) is 9.29. The molecule has 2 aliphatic rings. The molecule has 1 amide bonds. The molecule has 3 heterocycles. The van der Waals surface area contributed by atoms with Crippen LogP contribution in [0.25, 0.3) is 11.3 Å². The molecule has 3 atom stereocenters. The fourth-order valence-electron chi connectivity index (χ4n) is 6.90. The summed E-state index contributed by atoms with van der Waals surface area (Å²) in [5, 5.41) is 11.3. The highest BCUT2D eigenvalue weighted by molar-refractivity contribution is 5.69. The average molecular weight is 636 g/mol. The average Bonchev–Trinajstić information content (AvgIpc) is 3.80. The van der Waals surface area contributed by atoms with E-state index in [1.807, 2.05) is 39.1 Å². The Hall–Kier alpha value is -4.66. The zero-order valence-electron chi connectivity index (χ0n) is 28.2. The van der Waals surface area contributed by atoms with Crippen LogP contribution in [0.1, 0.15) is 108 Å². The monoisotopic (exact) mass is 635 g/mol. The number of ether oxygens (including phenoxy) is 1. The van der Waals surface area contributed by atoms with Crippen LogP contribution >= 0.6 is 0 Å². The van der Waals surface area contributed by atoms with E-state index in [2.05, 4.69) is 79.2 Å². The van der Waals surface area contributed by atoms with Gasteiger partial charge in [-0.15, -0.1) is 0 Å². The van der Waals surface area contributed by atoms with E-state index in [4.69, 9.17) is 9.72 Å². The Balaban J connectivity index is 1.25. The molecule has 0 spiro atoms. The molecule has 1 N–H and O–H groups in total. The van der Waals surface area contributed by atoms with Crippen molar-refractivity contribution in [2.45, 2.75) is 96.4 Å². The minimum absolute atomic E-state index is 0.0500. The molecule has 2 fully saturated rings. The largest absolute Gasteiger partial charge is 0.444 e. The van der Waals surface area contributed by atoms with Crippen LogP contribution in [-0.2, 0) is 10.2 Å². The van der Waals surface area contributed by atoms with Gasteiger partial charge in [0, 0.05) is 36.1 Å². The smallest absolute Gasteiger partial charge is 0.410 e. The van der Waals surface area contributed by atoms with Crippen molar-refractivity contribution in [3.63, 3.8) is 0 Å². The first-order valence-electron chi connectivity index (χ1n) is 16.6. The fourth-order valence-corrected chi connectivity index (χ4v) is 6.90.